The highest BCUT2D eigenvalue weighted by Crippen LogP contribution is 2.23. The van der Waals surface area contributed by atoms with Crippen molar-refractivity contribution in [2.75, 3.05) is 25.0 Å². The van der Waals surface area contributed by atoms with Crippen LogP contribution in [0.4, 0.5) is 5.69 Å². The van der Waals surface area contributed by atoms with E-state index in [1.54, 1.807) is 0 Å². The molecule has 2 rings (SSSR count). The number of carbonyl (C=O) groups excluding carboxylic acids is 1. The van der Waals surface area contributed by atoms with E-state index in [0.717, 1.165) is 28.7 Å². The number of piperidine rings is 1. The van der Waals surface area contributed by atoms with E-state index in [-0.39, 0.29) is 12.0 Å². The molecule has 0 saturated carbocycles. The van der Waals surface area contributed by atoms with Gasteiger partial charge in [0.1, 0.15) is 0 Å². The van der Waals surface area contributed by atoms with Gasteiger partial charge in [0.05, 0.1) is 18.3 Å². The number of likely N-dealkylation sites (tertiary alicyclic amines) is 1. The molecule has 0 radical (unpaired) electrons. The van der Waals surface area contributed by atoms with Crippen molar-refractivity contribution in [3.05, 3.63) is 28.2 Å². The average molecular weight is 341 g/mol. The third-order valence-electron chi connectivity index (χ3n) is 3.77. The zero-order chi connectivity index (χ0) is 14.7. The standard InChI is InChI=1S/C15H21BrN2O2/c1-10-3-4-13(12(16)7-10)17-15(20)9-18-6-5-11(2)14(19)8-18/h3-4,7,11,14,19H,5-6,8-9H2,1-2H3,(H,17,20). The summed E-state index contributed by atoms with van der Waals surface area (Å²) in [4.78, 5) is 14.1. The maximum Gasteiger partial charge on any atom is 0.238 e. The Morgan fingerprint density at radius 1 is 1.55 bits per heavy atom. The van der Waals surface area contributed by atoms with E-state index in [1.807, 2.05) is 36.9 Å². The van der Waals surface area contributed by atoms with Gasteiger partial charge in [-0.2, -0.15) is 0 Å². The number of nitrogens with zero attached hydrogens (tertiary/aromatic N) is 1. The summed E-state index contributed by atoms with van der Waals surface area (Å²) in [5.41, 5.74) is 1.93. The number of amides is 1. The van der Waals surface area contributed by atoms with E-state index in [1.165, 1.54) is 0 Å². The number of anilines is 1. The van der Waals surface area contributed by atoms with Crippen molar-refractivity contribution in [2.24, 2.45) is 5.92 Å². The van der Waals surface area contributed by atoms with Crippen LogP contribution in [-0.2, 0) is 4.79 Å². The Morgan fingerprint density at radius 3 is 2.95 bits per heavy atom. The van der Waals surface area contributed by atoms with Gasteiger partial charge in [0.2, 0.25) is 5.91 Å². The minimum absolute atomic E-state index is 0.0451. The van der Waals surface area contributed by atoms with E-state index in [4.69, 9.17) is 0 Å². The van der Waals surface area contributed by atoms with Crippen molar-refractivity contribution in [1.82, 2.24) is 4.90 Å². The van der Waals surface area contributed by atoms with E-state index in [2.05, 4.69) is 21.2 Å². The first-order valence-corrected chi connectivity index (χ1v) is 7.71. The highest BCUT2D eigenvalue weighted by Gasteiger charge is 2.25. The maximum absolute atomic E-state index is 12.1. The topological polar surface area (TPSA) is 52.6 Å². The van der Waals surface area contributed by atoms with Crippen LogP contribution >= 0.6 is 15.9 Å². The van der Waals surface area contributed by atoms with E-state index in [0.29, 0.717) is 19.0 Å². The number of hydrogen-bond acceptors (Lipinski definition) is 3. The maximum atomic E-state index is 12.1. The summed E-state index contributed by atoms with van der Waals surface area (Å²) in [7, 11) is 0. The lowest BCUT2D eigenvalue weighted by Gasteiger charge is -2.33. The first-order valence-electron chi connectivity index (χ1n) is 6.92. The number of hydrogen-bond donors (Lipinski definition) is 2. The number of nitrogens with one attached hydrogen (secondary N) is 1. The molecule has 0 aliphatic carbocycles. The number of aryl methyl sites for hydroxylation is 1. The van der Waals surface area contributed by atoms with E-state index < -0.39 is 0 Å². The molecule has 2 atom stereocenters. The van der Waals surface area contributed by atoms with Gasteiger partial charge in [-0.25, -0.2) is 0 Å². The third-order valence-corrected chi connectivity index (χ3v) is 4.42. The smallest absolute Gasteiger partial charge is 0.238 e. The molecule has 1 amide bonds. The highest BCUT2D eigenvalue weighted by molar-refractivity contribution is 9.10. The van der Waals surface area contributed by atoms with Crippen LogP contribution in [0.25, 0.3) is 0 Å². The molecule has 1 fully saturated rings. The van der Waals surface area contributed by atoms with Gasteiger partial charge >= 0.3 is 0 Å². The molecule has 4 nitrogen and oxygen atoms in total. The number of rotatable bonds is 3. The summed E-state index contributed by atoms with van der Waals surface area (Å²) in [6.45, 7) is 5.81. The zero-order valence-corrected chi connectivity index (χ0v) is 13.5. The van der Waals surface area contributed by atoms with Crippen LogP contribution in [0.5, 0.6) is 0 Å². The Labute approximate surface area is 128 Å². The van der Waals surface area contributed by atoms with Crippen molar-refractivity contribution < 1.29 is 9.90 Å². The van der Waals surface area contributed by atoms with Crippen molar-refractivity contribution in [3.63, 3.8) is 0 Å². The molecule has 2 N–H and O–H groups in total. The number of β-amino-alcohol motifs (C(OH)–C–C–N with tert-alkyl or cyclic N) is 1. The normalized spacial score (nSPS) is 23.6. The van der Waals surface area contributed by atoms with Crippen LogP contribution in [0, 0.1) is 12.8 Å². The van der Waals surface area contributed by atoms with Crippen LogP contribution < -0.4 is 5.32 Å². The molecule has 0 spiro atoms. The Balaban J connectivity index is 1.89. The van der Waals surface area contributed by atoms with Crippen molar-refractivity contribution in [1.29, 1.82) is 0 Å². The van der Waals surface area contributed by atoms with Gasteiger partial charge < -0.3 is 10.4 Å². The molecular weight excluding hydrogens is 320 g/mol. The second-order valence-electron chi connectivity index (χ2n) is 5.60. The predicted molar refractivity (Wildman–Crippen MR) is 83.7 cm³/mol. The minimum Gasteiger partial charge on any atom is -0.392 e. The van der Waals surface area contributed by atoms with Crippen LogP contribution in [0.2, 0.25) is 0 Å². The van der Waals surface area contributed by atoms with Crippen LogP contribution in [0.3, 0.4) is 0 Å². The first kappa shape index (κ1) is 15.5. The summed E-state index contributed by atoms with van der Waals surface area (Å²) >= 11 is 3.45. The average Bonchev–Trinajstić information content (AvgIpc) is 2.37. The van der Waals surface area contributed by atoms with Gasteiger partial charge in [0, 0.05) is 11.0 Å². The van der Waals surface area contributed by atoms with Crippen molar-refractivity contribution in [2.45, 2.75) is 26.4 Å². The fraction of sp³-hybridized carbons (Fsp3) is 0.533. The monoisotopic (exact) mass is 340 g/mol. The second-order valence-corrected chi connectivity index (χ2v) is 6.45. The molecule has 1 aromatic carbocycles. The highest BCUT2D eigenvalue weighted by atomic mass is 79.9. The molecule has 1 aliphatic rings. The Hall–Kier alpha value is -0.910. The fourth-order valence-electron chi connectivity index (χ4n) is 2.37. The summed E-state index contributed by atoms with van der Waals surface area (Å²) < 4.78 is 0.887. The predicted octanol–water partition coefficient (Wildman–Crippen LogP) is 2.40. The molecular formula is C15H21BrN2O2. The quantitative estimate of drug-likeness (QED) is 0.888. The number of carbonyl (C=O) groups is 1. The summed E-state index contributed by atoms with van der Waals surface area (Å²) in [6, 6.07) is 5.83. The fourth-order valence-corrected chi connectivity index (χ4v) is 2.96. The molecule has 5 heteroatoms. The SMILES string of the molecule is Cc1ccc(NC(=O)CN2CCC(C)C(O)C2)c(Br)c1. The molecule has 20 heavy (non-hydrogen) atoms. The third kappa shape index (κ3) is 4.04. The lowest BCUT2D eigenvalue weighted by Crippen LogP contribution is -2.45. The number of benzene rings is 1. The summed E-state index contributed by atoms with van der Waals surface area (Å²) in [6.07, 6.45) is 0.602. The van der Waals surface area contributed by atoms with Gasteiger partial charge in [0.15, 0.2) is 0 Å². The lowest BCUT2D eigenvalue weighted by atomic mass is 9.96. The van der Waals surface area contributed by atoms with Crippen LogP contribution in [0.15, 0.2) is 22.7 Å². The molecule has 2 unspecified atom stereocenters. The van der Waals surface area contributed by atoms with Gasteiger partial charge in [0.25, 0.3) is 0 Å². The summed E-state index contributed by atoms with van der Waals surface area (Å²) in [5, 5.41) is 12.7. The van der Waals surface area contributed by atoms with Crippen LogP contribution in [-0.4, -0.2) is 41.7 Å². The molecule has 110 valence electrons. The largest absolute Gasteiger partial charge is 0.392 e. The Morgan fingerprint density at radius 2 is 2.30 bits per heavy atom. The van der Waals surface area contributed by atoms with Gasteiger partial charge in [-0.15, -0.1) is 0 Å². The molecule has 0 bridgehead atoms. The number of aliphatic hydroxyl groups is 1. The first-order chi connectivity index (χ1) is 9.45. The van der Waals surface area contributed by atoms with E-state index in [9.17, 15) is 9.90 Å². The molecule has 1 aromatic rings. The second kappa shape index (κ2) is 6.70. The molecule has 1 aliphatic heterocycles. The van der Waals surface area contributed by atoms with Crippen molar-refractivity contribution >= 4 is 27.5 Å². The lowest BCUT2D eigenvalue weighted by molar-refractivity contribution is -0.118. The zero-order valence-electron chi connectivity index (χ0n) is 11.9. The molecule has 1 heterocycles. The van der Waals surface area contributed by atoms with Gasteiger partial charge in [-0.1, -0.05) is 13.0 Å². The van der Waals surface area contributed by atoms with Crippen molar-refractivity contribution in [3.8, 4) is 0 Å². The molecule has 1 saturated heterocycles. The summed E-state index contributed by atoms with van der Waals surface area (Å²) in [5.74, 6) is 0.275. The Kier molecular flexibility index (Phi) is 5.18. The van der Waals surface area contributed by atoms with Gasteiger partial charge in [-0.3, -0.25) is 9.69 Å². The van der Waals surface area contributed by atoms with Gasteiger partial charge in [-0.05, 0) is 59.4 Å². The number of aliphatic hydroxyl groups excluding tert-OH is 1. The Bertz CT molecular complexity index is 493. The number of halogens is 1. The molecule has 0 aromatic heterocycles. The van der Waals surface area contributed by atoms with Crippen LogP contribution in [0.1, 0.15) is 18.9 Å². The van der Waals surface area contributed by atoms with E-state index >= 15 is 0 Å². The minimum atomic E-state index is -0.331.